The molecule has 0 bridgehead atoms. The van der Waals surface area contributed by atoms with E-state index in [0.717, 1.165) is 12.2 Å². The second-order valence-electron chi connectivity index (χ2n) is 2.76. The lowest BCUT2D eigenvalue weighted by Gasteiger charge is -1.98. The molecule has 68 valence electrons. The van der Waals surface area contributed by atoms with Crippen molar-refractivity contribution in [1.29, 1.82) is 0 Å². The van der Waals surface area contributed by atoms with Gasteiger partial charge in [0.1, 0.15) is 0 Å². The Labute approximate surface area is 79.4 Å². The minimum atomic E-state index is 0.769. The first-order valence-electron chi connectivity index (χ1n) is 4.26. The van der Waals surface area contributed by atoms with Crippen molar-refractivity contribution in [3.8, 4) is 0 Å². The van der Waals surface area contributed by atoms with Gasteiger partial charge in [-0.2, -0.15) is 0 Å². The quantitative estimate of drug-likeness (QED) is 0.637. The molecule has 0 atom stereocenters. The smallest absolute Gasteiger partial charge is 0.0921 e. The minimum absolute atomic E-state index is 0.769. The van der Waals surface area contributed by atoms with Gasteiger partial charge in [0.05, 0.1) is 12.9 Å². The van der Waals surface area contributed by atoms with E-state index in [2.05, 4.69) is 24.8 Å². The average molecular weight is 174 g/mol. The van der Waals surface area contributed by atoms with E-state index in [-0.39, 0.29) is 0 Å². The van der Waals surface area contributed by atoms with Crippen molar-refractivity contribution in [2.75, 3.05) is 7.11 Å². The summed E-state index contributed by atoms with van der Waals surface area (Å²) >= 11 is 0. The highest BCUT2D eigenvalue weighted by atomic mass is 16.5. The van der Waals surface area contributed by atoms with Crippen molar-refractivity contribution >= 4 is 6.08 Å². The number of allylic oxidation sites excluding steroid dienone is 1. The van der Waals surface area contributed by atoms with E-state index in [9.17, 15) is 0 Å². The van der Waals surface area contributed by atoms with Crippen LogP contribution in [0.3, 0.4) is 0 Å². The van der Waals surface area contributed by atoms with Crippen molar-refractivity contribution < 1.29 is 4.74 Å². The molecule has 0 heterocycles. The lowest BCUT2D eigenvalue weighted by atomic mass is 10.2. The highest BCUT2D eigenvalue weighted by Crippen LogP contribution is 2.05. The minimum Gasteiger partial charge on any atom is -0.501 e. The van der Waals surface area contributed by atoms with Gasteiger partial charge in [-0.05, 0) is 5.56 Å². The van der Waals surface area contributed by atoms with Crippen LogP contribution in [0.1, 0.15) is 12.0 Å². The normalized spacial score (nSPS) is 10.2. The first-order chi connectivity index (χ1) is 6.33. The van der Waals surface area contributed by atoms with Gasteiger partial charge >= 0.3 is 0 Å². The second-order valence-corrected chi connectivity index (χ2v) is 2.76. The maximum atomic E-state index is 4.94. The topological polar surface area (TPSA) is 9.23 Å². The molecule has 0 aromatic heterocycles. The number of hydrogen-bond donors (Lipinski definition) is 0. The van der Waals surface area contributed by atoms with Gasteiger partial charge in [0, 0.05) is 6.42 Å². The average Bonchev–Trinajstić information content (AvgIpc) is 2.19. The fourth-order valence-electron chi connectivity index (χ4n) is 0.974. The Hall–Kier alpha value is -1.50. The molecule has 1 nitrogen and oxygen atoms in total. The Kier molecular flexibility index (Phi) is 3.83. The summed E-state index contributed by atoms with van der Waals surface area (Å²) < 4.78 is 4.94. The summed E-state index contributed by atoms with van der Waals surface area (Å²) in [5.41, 5.74) is 1.20. The van der Waals surface area contributed by atoms with Gasteiger partial charge in [-0.3, -0.25) is 0 Å². The Morgan fingerprint density at radius 2 is 2.08 bits per heavy atom. The standard InChI is InChI=1S/C12H14O/c1-11(13-2)7-6-10-12-8-4-3-5-9-12/h3-6,8-10H,1,7H2,2H3/b10-6+. The Bertz CT molecular complexity index is 285. The van der Waals surface area contributed by atoms with Crippen LogP contribution in [0.15, 0.2) is 48.7 Å². The number of benzene rings is 1. The van der Waals surface area contributed by atoms with Crippen LogP contribution in [0.4, 0.5) is 0 Å². The van der Waals surface area contributed by atoms with Gasteiger partial charge < -0.3 is 4.74 Å². The molecule has 0 radical (unpaired) electrons. The summed E-state index contributed by atoms with van der Waals surface area (Å²) in [6.07, 6.45) is 4.87. The highest BCUT2D eigenvalue weighted by molar-refractivity contribution is 5.48. The summed E-state index contributed by atoms with van der Waals surface area (Å²) in [6.45, 7) is 3.73. The third-order valence-electron chi connectivity index (χ3n) is 1.74. The van der Waals surface area contributed by atoms with Crippen LogP contribution >= 0.6 is 0 Å². The molecule has 0 spiro atoms. The predicted octanol–water partition coefficient (Wildman–Crippen LogP) is 3.25. The van der Waals surface area contributed by atoms with Crippen LogP contribution in [0.2, 0.25) is 0 Å². The third-order valence-corrected chi connectivity index (χ3v) is 1.74. The second kappa shape index (κ2) is 5.20. The van der Waals surface area contributed by atoms with E-state index in [1.54, 1.807) is 7.11 Å². The predicted molar refractivity (Wildman–Crippen MR) is 56.2 cm³/mol. The molecule has 0 aliphatic rings. The lowest BCUT2D eigenvalue weighted by Crippen LogP contribution is -1.80. The van der Waals surface area contributed by atoms with E-state index < -0.39 is 0 Å². The molecule has 1 aromatic carbocycles. The zero-order valence-corrected chi connectivity index (χ0v) is 7.86. The van der Waals surface area contributed by atoms with Gasteiger partial charge in [0.2, 0.25) is 0 Å². The van der Waals surface area contributed by atoms with Crippen molar-refractivity contribution in [2.24, 2.45) is 0 Å². The number of ether oxygens (including phenoxy) is 1. The van der Waals surface area contributed by atoms with Gasteiger partial charge in [0.15, 0.2) is 0 Å². The van der Waals surface area contributed by atoms with Gasteiger partial charge in [-0.1, -0.05) is 49.1 Å². The van der Waals surface area contributed by atoms with Crippen LogP contribution in [-0.2, 0) is 4.74 Å². The molecule has 0 unspecified atom stereocenters. The monoisotopic (exact) mass is 174 g/mol. The van der Waals surface area contributed by atoms with Crippen molar-refractivity contribution in [1.82, 2.24) is 0 Å². The number of methoxy groups -OCH3 is 1. The molecule has 0 aliphatic carbocycles. The highest BCUT2D eigenvalue weighted by Gasteiger charge is 1.86. The first-order valence-corrected chi connectivity index (χ1v) is 4.26. The van der Waals surface area contributed by atoms with Crippen LogP contribution in [0.25, 0.3) is 6.08 Å². The molecule has 0 N–H and O–H groups in total. The van der Waals surface area contributed by atoms with E-state index in [4.69, 9.17) is 4.74 Å². The Morgan fingerprint density at radius 1 is 1.38 bits per heavy atom. The summed E-state index contributed by atoms with van der Waals surface area (Å²) in [6, 6.07) is 10.2. The summed E-state index contributed by atoms with van der Waals surface area (Å²) in [7, 11) is 1.64. The fraction of sp³-hybridized carbons (Fsp3) is 0.167. The molecule has 0 amide bonds. The van der Waals surface area contributed by atoms with Crippen LogP contribution in [0, 0.1) is 0 Å². The number of rotatable bonds is 4. The van der Waals surface area contributed by atoms with Crippen LogP contribution < -0.4 is 0 Å². The maximum absolute atomic E-state index is 4.94. The van der Waals surface area contributed by atoms with Crippen molar-refractivity contribution in [3.05, 3.63) is 54.3 Å². The van der Waals surface area contributed by atoms with Gasteiger partial charge in [-0.15, -0.1) is 0 Å². The van der Waals surface area contributed by atoms with Crippen molar-refractivity contribution in [3.63, 3.8) is 0 Å². The number of hydrogen-bond acceptors (Lipinski definition) is 1. The Morgan fingerprint density at radius 3 is 2.69 bits per heavy atom. The summed E-state index contributed by atoms with van der Waals surface area (Å²) in [4.78, 5) is 0. The molecule has 0 fully saturated rings. The molecule has 1 rings (SSSR count). The fourth-order valence-corrected chi connectivity index (χ4v) is 0.974. The SMILES string of the molecule is C=C(C/C=C/c1ccccc1)OC. The zero-order valence-electron chi connectivity index (χ0n) is 7.86. The summed E-state index contributed by atoms with van der Waals surface area (Å²) in [5, 5.41) is 0. The molecule has 0 saturated carbocycles. The van der Waals surface area contributed by atoms with E-state index in [1.807, 2.05) is 24.3 Å². The lowest BCUT2D eigenvalue weighted by molar-refractivity contribution is 0.287. The maximum Gasteiger partial charge on any atom is 0.0921 e. The molecule has 1 heteroatoms. The van der Waals surface area contributed by atoms with E-state index in [0.29, 0.717) is 0 Å². The van der Waals surface area contributed by atoms with Crippen LogP contribution in [0.5, 0.6) is 0 Å². The van der Waals surface area contributed by atoms with E-state index >= 15 is 0 Å². The van der Waals surface area contributed by atoms with Crippen LogP contribution in [-0.4, -0.2) is 7.11 Å². The largest absolute Gasteiger partial charge is 0.501 e. The molecular formula is C12H14O. The Balaban J connectivity index is 2.45. The van der Waals surface area contributed by atoms with E-state index in [1.165, 1.54) is 5.56 Å². The molecule has 0 aliphatic heterocycles. The van der Waals surface area contributed by atoms with Gasteiger partial charge in [-0.25, -0.2) is 0 Å². The molecule has 1 aromatic rings. The third kappa shape index (κ3) is 3.61. The first kappa shape index (κ1) is 9.59. The van der Waals surface area contributed by atoms with Crippen molar-refractivity contribution in [2.45, 2.75) is 6.42 Å². The zero-order chi connectivity index (χ0) is 9.52. The summed E-state index contributed by atoms with van der Waals surface area (Å²) in [5.74, 6) is 0.784. The molecule has 0 saturated heterocycles. The molecular weight excluding hydrogens is 160 g/mol. The molecule has 13 heavy (non-hydrogen) atoms. The van der Waals surface area contributed by atoms with Gasteiger partial charge in [0.25, 0.3) is 0 Å².